The first-order valence-corrected chi connectivity index (χ1v) is 6.61. The van der Waals surface area contributed by atoms with Crippen LogP contribution in [0.3, 0.4) is 0 Å². The second-order valence-electron chi connectivity index (χ2n) is 3.22. The van der Waals surface area contributed by atoms with Gasteiger partial charge in [0.25, 0.3) is 5.56 Å². The average molecular weight is 295 g/mol. The molecule has 0 atom stereocenters. The van der Waals surface area contributed by atoms with Crippen molar-refractivity contribution in [2.24, 2.45) is 0 Å². The number of aromatic nitrogens is 2. The van der Waals surface area contributed by atoms with Crippen molar-refractivity contribution in [3.05, 3.63) is 32.5 Å². The number of nitrogens with zero attached hydrogens (tertiary/aromatic N) is 1. The highest BCUT2D eigenvalue weighted by molar-refractivity contribution is 7.59. The zero-order valence-electron chi connectivity index (χ0n) is 8.02. The van der Waals surface area contributed by atoms with Crippen molar-refractivity contribution in [1.82, 2.24) is 9.97 Å². The summed E-state index contributed by atoms with van der Waals surface area (Å²) < 4.78 is 11.0. The summed E-state index contributed by atoms with van der Waals surface area (Å²) in [7, 11) is -4.72. The van der Waals surface area contributed by atoms with Crippen LogP contribution in [0.25, 0.3) is 11.0 Å². The number of halogens is 2. The van der Waals surface area contributed by atoms with Crippen LogP contribution < -0.4 is 11.0 Å². The SMILES string of the molecule is O=c1[nH]c2cc(Cl)c(Cl)cc2nc1P(=O)(O)O. The van der Waals surface area contributed by atoms with Gasteiger partial charge in [-0.2, -0.15) is 0 Å². The Hall–Kier alpha value is -0.910. The van der Waals surface area contributed by atoms with E-state index in [0.29, 0.717) is 0 Å². The maximum absolute atomic E-state index is 11.4. The molecule has 2 aromatic rings. The van der Waals surface area contributed by atoms with Gasteiger partial charge in [0.2, 0.25) is 5.44 Å². The van der Waals surface area contributed by atoms with Crippen LogP contribution >= 0.6 is 30.8 Å². The molecule has 0 aliphatic rings. The molecule has 0 saturated heterocycles. The lowest BCUT2D eigenvalue weighted by atomic mass is 10.3. The lowest BCUT2D eigenvalue weighted by Gasteiger charge is -2.04. The third-order valence-electron chi connectivity index (χ3n) is 1.99. The van der Waals surface area contributed by atoms with Crippen LogP contribution in [0.4, 0.5) is 0 Å². The van der Waals surface area contributed by atoms with E-state index in [0.717, 1.165) is 0 Å². The molecule has 0 amide bonds. The van der Waals surface area contributed by atoms with E-state index in [1.807, 2.05) is 0 Å². The maximum atomic E-state index is 11.4. The first kappa shape index (κ1) is 12.5. The van der Waals surface area contributed by atoms with Gasteiger partial charge >= 0.3 is 7.60 Å². The van der Waals surface area contributed by atoms with Gasteiger partial charge in [-0.25, -0.2) is 4.98 Å². The molecule has 2 rings (SSSR count). The monoisotopic (exact) mass is 294 g/mol. The molecular formula is C8H5Cl2N2O4P. The summed E-state index contributed by atoms with van der Waals surface area (Å²) in [6.45, 7) is 0. The predicted octanol–water partition coefficient (Wildman–Crippen LogP) is 1.03. The third kappa shape index (κ3) is 2.36. The molecule has 90 valence electrons. The van der Waals surface area contributed by atoms with Gasteiger partial charge in [-0.1, -0.05) is 23.2 Å². The normalized spacial score (nSPS) is 12.0. The highest BCUT2D eigenvalue weighted by atomic mass is 35.5. The zero-order chi connectivity index (χ0) is 12.8. The van der Waals surface area contributed by atoms with Gasteiger partial charge < -0.3 is 14.8 Å². The summed E-state index contributed by atoms with van der Waals surface area (Å²) in [6, 6.07) is 2.67. The van der Waals surface area contributed by atoms with Crippen LogP contribution in [0.5, 0.6) is 0 Å². The van der Waals surface area contributed by atoms with E-state index in [4.69, 9.17) is 33.0 Å². The van der Waals surface area contributed by atoms with Gasteiger partial charge in [0.15, 0.2) is 0 Å². The molecule has 0 bridgehead atoms. The Morgan fingerprint density at radius 3 is 2.41 bits per heavy atom. The molecule has 0 saturated carbocycles. The number of nitrogens with one attached hydrogen (secondary N) is 1. The van der Waals surface area contributed by atoms with E-state index in [-0.39, 0.29) is 21.1 Å². The smallest absolute Gasteiger partial charge is 0.320 e. The Labute approximate surface area is 104 Å². The van der Waals surface area contributed by atoms with Gasteiger partial charge in [0.1, 0.15) is 0 Å². The second-order valence-corrected chi connectivity index (χ2v) is 5.54. The molecule has 1 aromatic carbocycles. The largest absolute Gasteiger partial charge is 0.380 e. The van der Waals surface area contributed by atoms with Gasteiger partial charge in [0, 0.05) is 0 Å². The zero-order valence-corrected chi connectivity index (χ0v) is 10.4. The fraction of sp³-hybridized carbons (Fsp3) is 0. The fourth-order valence-electron chi connectivity index (χ4n) is 1.27. The molecule has 3 N–H and O–H groups in total. The van der Waals surface area contributed by atoms with Gasteiger partial charge in [-0.05, 0) is 12.1 Å². The van der Waals surface area contributed by atoms with E-state index >= 15 is 0 Å². The Morgan fingerprint density at radius 1 is 1.24 bits per heavy atom. The van der Waals surface area contributed by atoms with Crippen molar-refractivity contribution in [3.63, 3.8) is 0 Å². The lowest BCUT2D eigenvalue weighted by Crippen LogP contribution is -2.30. The Balaban J connectivity index is 2.86. The number of fused-ring (bicyclic) bond motifs is 1. The number of H-pyrrole nitrogens is 1. The molecule has 17 heavy (non-hydrogen) atoms. The number of hydrogen-bond acceptors (Lipinski definition) is 3. The number of rotatable bonds is 1. The Morgan fingerprint density at radius 2 is 1.82 bits per heavy atom. The molecule has 9 heteroatoms. The number of aromatic amines is 1. The van der Waals surface area contributed by atoms with E-state index in [9.17, 15) is 9.36 Å². The minimum Gasteiger partial charge on any atom is -0.320 e. The lowest BCUT2D eigenvalue weighted by molar-refractivity contribution is 0.386. The maximum Gasteiger partial charge on any atom is 0.380 e. The van der Waals surface area contributed by atoms with Crippen LogP contribution in [0.1, 0.15) is 0 Å². The molecule has 0 fully saturated rings. The van der Waals surface area contributed by atoms with Crippen molar-refractivity contribution in [1.29, 1.82) is 0 Å². The summed E-state index contributed by atoms with van der Waals surface area (Å²) >= 11 is 11.5. The predicted molar refractivity (Wildman–Crippen MR) is 64.1 cm³/mol. The van der Waals surface area contributed by atoms with Crippen molar-refractivity contribution >= 4 is 47.3 Å². The molecule has 1 heterocycles. The highest BCUT2D eigenvalue weighted by Gasteiger charge is 2.24. The topological polar surface area (TPSA) is 103 Å². The van der Waals surface area contributed by atoms with Gasteiger partial charge in [0.05, 0.1) is 21.1 Å². The molecule has 6 nitrogen and oxygen atoms in total. The molecule has 0 spiro atoms. The summed E-state index contributed by atoms with van der Waals surface area (Å²) in [5, 5.41) is 0.385. The standard InChI is InChI=1S/C8H5Cl2N2O4P/c9-3-1-5-6(2-4(3)10)12-8(7(13)11-5)17(14,15)16/h1-2H,(H,11,13)(H2,14,15,16). The quantitative estimate of drug-likeness (QED) is 0.682. The summed E-state index contributed by atoms with van der Waals surface area (Å²) in [5.74, 6) is 0. The van der Waals surface area contributed by atoms with E-state index in [1.54, 1.807) is 0 Å². The molecular weight excluding hydrogens is 290 g/mol. The minimum absolute atomic E-state index is 0.150. The van der Waals surface area contributed by atoms with Crippen molar-refractivity contribution in [2.75, 3.05) is 0 Å². The van der Waals surface area contributed by atoms with Crippen LogP contribution in [0.2, 0.25) is 10.0 Å². The first-order valence-electron chi connectivity index (χ1n) is 4.24. The summed E-state index contributed by atoms with van der Waals surface area (Å²) in [6.07, 6.45) is 0. The molecule has 0 unspecified atom stereocenters. The van der Waals surface area contributed by atoms with E-state index in [2.05, 4.69) is 9.97 Å². The summed E-state index contributed by atoms with van der Waals surface area (Å²) in [4.78, 5) is 35.1. The molecule has 0 aliphatic carbocycles. The van der Waals surface area contributed by atoms with Crippen molar-refractivity contribution in [3.8, 4) is 0 Å². The first-order chi connectivity index (χ1) is 7.79. The third-order valence-corrected chi connectivity index (χ3v) is 3.57. The van der Waals surface area contributed by atoms with Crippen LogP contribution in [0, 0.1) is 0 Å². The van der Waals surface area contributed by atoms with Crippen LogP contribution in [-0.4, -0.2) is 19.8 Å². The Kier molecular flexibility index (Phi) is 3.01. The minimum atomic E-state index is -4.72. The average Bonchev–Trinajstić information content (AvgIpc) is 2.18. The molecule has 1 aromatic heterocycles. The van der Waals surface area contributed by atoms with Gasteiger partial charge in [-0.15, -0.1) is 0 Å². The van der Waals surface area contributed by atoms with E-state index < -0.39 is 18.6 Å². The molecule has 0 aliphatic heterocycles. The van der Waals surface area contributed by atoms with Crippen LogP contribution in [-0.2, 0) is 4.57 Å². The Bertz CT molecular complexity index is 708. The van der Waals surface area contributed by atoms with E-state index in [1.165, 1.54) is 12.1 Å². The molecule has 0 radical (unpaired) electrons. The highest BCUT2D eigenvalue weighted by Crippen LogP contribution is 2.31. The van der Waals surface area contributed by atoms with Gasteiger partial charge in [-0.3, -0.25) is 9.36 Å². The summed E-state index contributed by atoms with van der Waals surface area (Å²) in [5.41, 5.74) is -1.40. The fourth-order valence-corrected chi connectivity index (χ4v) is 2.15. The van der Waals surface area contributed by atoms with Crippen LogP contribution in [0.15, 0.2) is 16.9 Å². The number of benzene rings is 1. The second kappa shape index (κ2) is 4.08. The number of hydrogen-bond donors (Lipinski definition) is 3. The van der Waals surface area contributed by atoms with Crippen molar-refractivity contribution in [2.45, 2.75) is 0 Å². The van der Waals surface area contributed by atoms with Crippen molar-refractivity contribution < 1.29 is 14.4 Å².